The average molecular weight is 329 g/mol. The van der Waals surface area contributed by atoms with Gasteiger partial charge in [-0.1, -0.05) is 12.1 Å². The maximum absolute atomic E-state index is 12.1. The summed E-state index contributed by atoms with van der Waals surface area (Å²) in [6, 6.07) is 13.3. The van der Waals surface area contributed by atoms with Crippen LogP contribution in [0.1, 0.15) is 11.1 Å². The molecule has 5 nitrogen and oxygen atoms in total. The predicted molar refractivity (Wildman–Crippen MR) is 93.0 cm³/mol. The van der Waals surface area contributed by atoms with Crippen LogP contribution in [-0.4, -0.2) is 33.8 Å². The van der Waals surface area contributed by atoms with Crippen LogP contribution in [0, 0.1) is 0 Å². The Morgan fingerprint density at radius 2 is 1.58 bits per heavy atom. The fraction of sp³-hybridized carbons (Fsp3) is 0.316. The Balaban J connectivity index is 1.86. The molecule has 2 aromatic rings. The molecule has 0 saturated heterocycles. The number of amides is 1. The summed E-state index contributed by atoms with van der Waals surface area (Å²) in [7, 11) is 4.83. The summed E-state index contributed by atoms with van der Waals surface area (Å²) in [4.78, 5) is 12.1. The van der Waals surface area contributed by atoms with Gasteiger partial charge in [-0.2, -0.15) is 0 Å². The maximum Gasteiger partial charge on any atom is 0.224 e. The van der Waals surface area contributed by atoms with Gasteiger partial charge in [0.25, 0.3) is 0 Å². The summed E-state index contributed by atoms with van der Waals surface area (Å²) in [5.74, 6) is 2.17. The van der Waals surface area contributed by atoms with Crippen LogP contribution in [0.3, 0.4) is 0 Å². The fourth-order valence-corrected chi connectivity index (χ4v) is 2.39. The van der Waals surface area contributed by atoms with E-state index in [1.54, 1.807) is 27.4 Å². The smallest absolute Gasteiger partial charge is 0.224 e. The molecule has 0 saturated carbocycles. The second-order valence-corrected chi connectivity index (χ2v) is 5.30. The molecule has 1 amide bonds. The molecule has 0 aliphatic carbocycles. The third kappa shape index (κ3) is 4.91. The normalized spacial score (nSPS) is 10.1. The lowest BCUT2D eigenvalue weighted by Gasteiger charge is -2.11. The van der Waals surface area contributed by atoms with E-state index in [4.69, 9.17) is 14.2 Å². The maximum atomic E-state index is 12.1. The number of methoxy groups -OCH3 is 3. The molecule has 0 heterocycles. The quantitative estimate of drug-likeness (QED) is 0.809. The minimum atomic E-state index is -0.0462. The van der Waals surface area contributed by atoms with Crippen LogP contribution in [0.2, 0.25) is 0 Å². The molecule has 0 fully saturated rings. The summed E-state index contributed by atoms with van der Waals surface area (Å²) in [6.45, 7) is 0.581. The summed E-state index contributed by atoms with van der Waals surface area (Å²) in [6.07, 6.45) is 1.02. The Morgan fingerprint density at radius 3 is 2.21 bits per heavy atom. The van der Waals surface area contributed by atoms with Gasteiger partial charge in [0.15, 0.2) is 0 Å². The van der Waals surface area contributed by atoms with Crippen molar-refractivity contribution in [3.63, 3.8) is 0 Å². The zero-order valence-electron chi connectivity index (χ0n) is 14.3. The van der Waals surface area contributed by atoms with Crippen molar-refractivity contribution in [2.24, 2.45) is 0 Å². The zero-order chi connectivity index (χ0) is 17.4. The van der Waals surface area contributed by atoms with Crippen molar-refractivity contribution in [1.82, 2.24) is 5.32 Å². The van der Waals surface area contributed by atoms with Crippen LogP contribution in [0.5, 0.6) is 17.2 Å². The van der Waals surface area contributed by atoms with Gasteiger partial charge in [-0.15, -0.1) is 0 Å². The van der Waals surface area contributed by atoms with Gasteiger partial charge in [0.1, 0.15) is 17.2 Å². The van der Waals surface area contributed by atoms with Crippen LogP contribution in [0.15, 0.2) is 42.5 Å². The monoisotopic (exact) mass is 329 g/mol. The minimum Gasteiger partial charge on any atom is -0.497 e. The Morgan fingerprint density at radius 1 is 0.917 bits per heavy atom. The Kier molecular flexibility index (Phi) is 6.49. The molecule has 0 radical (unpaired) electrons. The standard InChI is InChI=1S/C19H23NO4/c1-22-16-6-4-14(5-7-16)10-11-20-19(21)13-15-12-17(23-2)8-9-18(15)24-3/h4-9,12H,10-11,13H2,1-3H3,(H,20,21). The third-order valence-electron chi connectivity index (χ3n) is 3.73. The SMILES string of the molecule is COc1ccc(CCNC(=O)Cc2cc(OC)ccc2OC)cc1. The largest absolute Gasteiger partial charge is 0.497 e. The summed E-state index contributed by atoms with van der Waals surface area (Å²) in [5, 5.41) is 2.93. The highest BCUT2D eigenvalue weighted by Crippen LogP contribution is 2.24. The van der Waals surface area contributed by atoms with E-state index in [9.17, 15) is 4.79 Å². The van der Waals surface area contributed by atoms with Gasteiger partial charge in [-0.05, 0) is 42.3 Å². The number of hydrogen-bond donors (Lipinski definition) is 1. The molecule has 5 heteroatoms. The number of hydrogen-bond acceptors (Lipinski definition) is 4. The molecule has 0 bridgehead atoms. The van der Waals surface area contributed by atoms with E-state index in [1.165, 1.54) is 0 Å². The predicted octanol–water partition coefficient (Wildman–Crippen LogP) is 2.61. The number of carbonyl (C=O) groups is 1. The molecule has 2 rings (SSSR count). The first kappa shape index (κ1) is 17.7. The van der Waals surface area contributed by atoms with Crippen LogP contribution in [-0.2, 0) is 17.6 Å². The van der Waals surface area contributed by atoms with E-state index in [1.807, 2.05) is 36.4 Å². The molecule has 0 spiro atoms. The van der Waals surface area contributed by atoms with Gasteiger partial charge in [0.05, 0.1) is 27.8 Å². The lowest BCUT2D eigenvalue weighted by molar-refractivity contribution is -0.120. The van der Waals surface area contributed by atoms with E-state index in [0.717, 1.165) is 23.3 Å². The molecule has 1 N–H and O–H groups in total. The third-order valence-corrected chi connectivity index (χ3v) is 3.73. The molecule has 0 aliphatic rings. The van der Waals surface area contributed by atoms with Crippen molar-refractivity contribution in [2.75, 3.05) is 27.9 Å². The number of ether oxygens (including phenoxy) is 3. The first-order valence-electron chi connectivity index (χ1n) is 7.76. The molecule has 24 heavy (non-hydrogen) atoms. The lowest BCUT2D eigenvalue weighted by Crippen LogP contribution is -2.27. The van der Waals surface area contributed by atoms with Crippen molar-refractivity contribution in [2.45, 2.75) is 12.8 Å². The van der Waals surface area contributed by atoms with Crippen molar-refractivity contribution < 1.29 is 19.0 Å². The van der Waals surface area contributed by atoms with E-state index in [0.29, 0.717) is 18.0 Å². The fourth-order valence-electron chi connectivity index (χ4n) is 2.39. The van der Waals surface area contributed by atoms with Crippen molar-refractivity contribution in [1.29, 1.82) is 0 Å². The second kappa shape index (κ2) is 8.82. The Bertz CT molecular complexity index is 668. The molecule has 0 atom stereocenters. The first-order valence-corrected chi connectivity index (χ1v) is 7.76. The highest BCUT2D eigenvalue weighted by molar-refractivity contribution is 5.79. The number of benzene rings is 2. The number of nitrogens with one attached hydrogen (secondary N) is 1. The molecule has 2 aromatic carbocycles. The van der Waals surface area contributed by atoms with Crippen LogP contribution in [0.4, 0.5) is 0 Å². The van der Waals surface area contributed by atoms with Gasteiger partial charge in [-0.3, -0.25) is 4.79 Å². The second-order valence-electron chi connectivity index (χ2n) is 5.30. The van der Waals surface area contributed by atoms with Crippen LogP contribution >= 0.6 is 0 Å². The minimum absolute atomic E-state index is 0.0462. The molecule has 0 unspecified atom stereocenters. The van der Waals surface area contributed by atoms with Gasteiger partial charge in [-0.25, -0.2) is 0 Å². The van der Waals surface area contributed by atoms with E-state index >= 15 is 0 Å². The van der Waals surface area contributed by atoms with Crippen molar-refractivity contribution in [3.05, 3.63) is 53.6 Å². The Labute approximate surface area is 142 Å². The number of carbonyl (C=O) groups excluding carboxylic acids is 1. The molecule has 0 aromatic heterocycles. The lowest BCUT2D eigenvalue weighted by atomic mass is 10.1. The van der Waals surface area contributed by atoms with E-state index in [-0.39, 0.29) is 12.3 Å². The molecular weight excluding hydrogens is 306 g/mol. The molecule has 0 aliphatic heterocycles. The highest BCUT2D eigenvalue weighted by atomic mass is 16.5. The molecule has 128 valence electrons. The highest BCUT2D eigenvalue weighted by Gasteiger charge is 2.10. The van der Waals surface area contributed by atoms with Crippen molar-refractivity contribution in [3.8, 4) is 17.2 Å². The summed E-state index contributed by atoms with van der Waals surface area (Å²) in [5.41, 5.74) is 1.95. The summed E-state index contributed by atoms with van der Waals surface area (Å²) < 4.78 is 15.6. The van der Waals surface area contributed by atoms with Gasteiger partial charge < -0.3 is 19.5 Å². The van der Waals surface area contributed by atoms with E-state index < -0.39 is 0 Å². The van der Waals surface area contributed by atoms with Gasteiger partial charge in [0, 0.05) is 12.1 Å². The van der Waals surface area contributed by atoms with Crippen LogP contribution in [0.25, 0.3) is 0 Å². The van der Waals surface area contributed by atoms with E-state index in [2.05, 4.69) is 5.32 Å². The summed E-state index contributed by atoms with van der Waals surface area (Å²) >= 11 is 0. The molecular formula is C19H23NO4. The Hall–Kier alpha value is -2.69. The van der Waals surface area contributed by atoms with Gasteiger partial charge in [0.2, 0.25) is 5.91 Å². The van der Waals surface area contributed by atoms with Crippen molar-refractivity contribution >= 4 is 5.91 Å². The zero-order valence-corrected chi connectivity index (χ0v) is 14.3. The topological polar surface area (TPSA) is 56.8 Å². The van der Waals surface area contributed by atoms with Gasteiger partial charge >= 0.3 is 0 Å². The van der Waals surface area contributed by atoms with Crippen LogP contribution < -0.4 is 19.5 Å². The first-order chi connectivity index (χ1) is 11.7. The average Bonchev–Trinajstić information content (AvgIpc) is 2.62. The number of rotatable bonds is 8.